The van der Waals surface area contributed by atoms with Gasteiger partial charge in [0.25, 0.3) is 0 Å². The second kappa shape index (κ2) is 6.88. The number of rotatable bonds is 6. The van der Waals surface area contributed by atoms with Crippen LogP contribution in [0.3, 0.4) is 0 Å². The highest BCUT2D eigenvalue weighted by Gasteiger charge is 2.11. The molecule has 2 rings (SSSR count). The van der Waals surface area contributed by atoms with E-state index >= 15 is 0 Å². The largest absolute Gasteiger partial charge is 0.497 e. The van der Waals surface area contributed by atoms with E-state index in [1.807, 2.05) is 36.4 Å². The molecule has 2 aromatic carbocycles. The van der Waals surface area contributed by atoms with Crippen molar-refractivity contribution in [3.05, 3.63) is 47.5 Å². The van der Waals surface area contributed by atoms with Gasteiger partial charge in [-0.1, -0.05) is 0 Å². The molecular formula is C17H20O4. The summed E-state index contributed by atoms with van der Waals surface area (Å²) in [6.45, 7) is 0. The summed E-state index contributed by atoms with van der Waals surface area (Å²) in [5, 5.41) is 0. The van der Waals surface area contributed by atoms with E-state index < -0.39 is 0 Å². The molecule has 0 spiro atoms. The van der Waals surface area contributed by atoms with E-state index in [9.17, 15) is 0 Å². The topological polar surface area (TPSA) is 36.9 Å². The molecule has 0 radical (unpaired) electrons. The molecule has 0 saturated heterocycles. The van der Waals surface area contributed by atoms with Gasteiger partial charge in [-0.05, 0) is 36.4 Å². The van der Waals surface area contributed by atoms with Crippen LogP contribution < -0.4 is 18.9 Å². The Morgan fingerprint density at radius 1 is 0.619 bits per heavy atom. The van der Waals surface area contributed by atoms with Crippen LogP contribution in [0, 0.1) is 0 Å². The van der Waals surface area contributed by atoms with Gasteiger partial charge in [0.05, 0.1) is 28.4 Å². The van der Waals surface area contributed by atoms with Crippen LogP contribution in [0.5, 0.6) is 23.0 Å². The Morgan fingerprint density at radius 3 is 1.38 bits per heavy atom. The zero-order valence-corrected chi connectivity index (χ0v) is 12.8. The van der Waals surface area contributed by atoms with Gasteiger partial charge in [0.2, 0.25) is 0 Å². The van der Waals surface area contributed by atoms with Crippen molar-refractivity contribution in [1.82, 2.24) is 0 Å². The molecule has 21 heavy (non-hydrogen) atoms. The molecule has 4 heteroatoms. The van der Waals surface area contributed by atoms with E-state index in [-0.39, 0.29) is 0 Å². The molecule has 0 unspecified atom stereocenters. The minimum atomic E-state index is 0.667. The molecule has 0 aromatic heterocycles. The molecule has 0 saturated carbocycles. The summed E-state index contributed by atoms with van der Waals surface area (Å²) in [5.41, 5.74) is 2.06. The Labute approximate surface area is 125 Å². The third-order valence-corrected chi connectivity index (χ3v) is 3.36. The van der Waals surface area contributed by atoms with Gasteiger partial charge in [-0.2, -0.15) is 0 Å². The van der Waals surface area contributed by atoms with Crippen LogP contribution in [0.25, 0.3) is 0 Å². The standard InChI is InChI=1S/C17H20O4/c1-18-14-5-7-16(20-3)12(10-14)9-13-11-15(19-2)6-8-17(13)21-4/h5-8,10-11H,9H2,1-4H3. The minimum absolute atomic E-state index is 0.667. The van der Waals surface area contributed by atoms with E-state index in [4.69, 9.17) is 18.9 Å². The van der Waals surface area contributed by atoms with Crippen LogP contribution >= 0.6 is 0 Å². The number of methoxy groups -OCH3 is 4. The molecule has 0 aliphatic heterocycles. The summed E-state index contributed by atoms with van der Waals surface area (Å²) in [6.07, 6.45) is 0.667. The van der Waals surface area contributed by atoms with Gasteiger partial charge in [-0.15, -0.1) is 0 Å². The van der Waals surface area contributed by atoms with Crippen molar-refractivity contribution in [1.29, 1.82) is 0 Å². The molecule has 112 valence electrons. The lowest BCUT2D eigenvalue weighted by molar-refractivity contribution is 0.394. The van der Waals surface area contributed by atoms with Crippen LogP contribution in [0.4, 0.5) is 0 Å². The third kappa shape index (κ3) is 3.40. The fourth-order valence-corrected chi connectivity index (χ4v) is 2.25. The Bertz CT molecular complexity index is 554. The fourth-order valence-electron chi connectivity index (χ4n) is 2.25. The zero-order valence-electron chi connectivity index (χ0n) is 12.8. The van der Waals surface area contributed by atoms with Gasteiger partial charge in [0, 0.05) is 17.5 Å². The van der Waals surface area contributed by atoms with Crippen molar-refractivity contribution < 1.29 is 18.9 Å². The first-order chi connectivity index (χ1) is 10.2. The number of hydrogen-bond donors (Lipinski definition) is 0. The predicted molar refractivity (Wildman–Crippen MR) is 81.9 cm³/mol. The third-order valence-electron chi connectivity index (χ3n) is 3.36. The Balaban J connectivity index is 2.40. The lowest BCUT2D eigenvalue weighted by Crippen LogP contribution is -1.98. The predicted octanol–water partition coefficient (Wildman–Crippen LogP) is 3.31. The number of hydrogen-bond acceptors (Lipinski definition) is 4. The van der Waals surface area contributed by atoms with Crippen LogP contribution in [0.1, 0.15) is 11.1 Å². The Hall–Kier alpha value is -2.36. The summed E-state index contributed by atoms with van der Waals surface area (Å²) >= 11 is 0. The average molecular weight is 288 g/mol. The summed E-state index contributed by atoms with van der Waals surface area (Å²) < 4.78 is 21.4. The van der Waals surface area contributed by atoms with Gasteiger partial charge in [0.1, 0.15) is 23.0 Å². The summed E-state index contributed by atoms with van der Waals surface area (Å²) in [7, 11) is 6.62. The van der Waals surface area contributed by atoms with Crippen molar-refractivity contribution in [2.75, 3.05) is 28.4 Å². The van der Waals surface area contributed by atoms with Crippen LogP contribution in [-0.4, -0.2) is 28.4 Å². The molecule has 0 atom stereocenters. The van der Waals surface area contributed by atoms with Gasteiger partial charge in [0.15, 0.2) is 0 Å². The minimum Gasteiger partial charge on any atom is -0.497 e. The number of benzene rings is 2. The highest BCUT2D eigenvalue weighted by molar-refractivity contribution is 5.48. The van der Waals surface area contributed by atoms with E-state index in [0.717, 1.165) is 34.1 Å². The van der Waals surface area contributed by atoms with E-state index in [1.165, 1.54) is 0 Å². The van der Waals surface area contributed by atoms with E-state index in [1.54, 1.807) is 28.4 Å². The van der Waals surface area contributed by atoms with Crippen molar-refractivity contribution >= 4 is 0 Å². The van der Waals surface area contributed by atoms with E-state index in [0.29, 0.717) is 6.42 Å². The Kier molecular flexibility index (Phi) is 4.93. The molecule has 0 N–H and O–H groups in total. The first kappa shape index (κ1) is 15.0. The van der Waals surface area contributed by atoms with Crippen molar-refractivity contribution in [2.24, 2.45) is 0 Å². The highest BCUT2D eigenvalue weighted by Crippen LogP contribution is 2.31. The Morgan fingerprint density at radius 2 is 1.05 bits per heavy atom. The average Bonchev–Trinajstić information content (AvgIpc) is 2.54. The van der Waals surface area contributed by atoms with Crippen molar-refractivity contribution in [3.8, 4) is 23.0 Å². The maximum Gasteiger partial charge on any atom is 0.122 e. The second-order valence-electron chi connectivity index (χ2n) is 4.53. The first-order valence-corrected chi connectivity index (χ1v) is 6.63. The highest BCUT2D eigenvalue weighted by atomic mass is 16.5. The molecule has 0 aliphatic carbocycles. The molecule has 0 amide bonds. The van der Waals surface area contributed by atoms with Gasteiger partial charge >= 0.3 is 0 Å². The molecule has 2 aromatic rings. The molecular weight excluding hydrogens is 268 g/mol. The maximum absolute atomic E-state index is 5.42. The summed E-state index contributed by atoms with van der Waals surface area (Å²) in [4.78, 5) is 0. The van der Waals surface area contributed by atoms with Gasteiger partial charge in [-0.3, -0.25) is 0 Å². The SMILES string of the molecule is COc1ccc(OC)c(Cc2cc(OC)ccc2OC)c1. The summed E-state index contributed by atoms with van der Waals surface area (Å²) in [6, 6.07) is 11.5. The lowest BCUT2D eigenvalue weighted by atomic mass is 10.0. The smallest absolute Gasteiger partial charge is 0.122 e. The maximum atomic E-state index is 5.42. The second-order valence-corrected chi connectivity index (χ2v) is 4.53. The summed E-state index contributed by atoms with van der Waals surface area (Å²) in [5.74, 6) is 3.24. The molecule has 0 heterocycles. The van der Waals surface area contributed by atoms with Crippen LogP contribution in [-0.2, 0) is 6.42 Å². The fraction of sp³-hybridized carbons (Fsp3) is 0.294. The number of ether oxygens (including phenoxy) is 4. The van der Waals surface area contributed by atoms with Crippen molar-refractivity contribution in [2.45, 2.75) is 6.42 Å². The quantitative estimate of drug-likeness (QED) is 0.817. The van der Waals surface area contributed by atoms with Crippen LogP contribution in [0.15, 0.2) is 36.4 Å². The normalized spacial score (nSPS) is 10.1. The van der Waals surface area contributed by atoms with Crippen molar-refractivity contribution in [3.63, 3.8) is 0 Å². The van der Waals surface area contributed by atoms with Gasteiger partial charge in [-0.25, -0.2) is 0 Å². The lowest BCUT2D eigenvalue weighted by Gasteiger charge is -2.13. The van der Waals surface area contributed by atoms with Gasteiger partial charge < -0.3 is 18.9 Å². The monoisotopic (exact) mass is 288 g/mol. The molecule has 0 fully saturated rings. The molecule has 0 bridgehead atoms. The van der Waals surface area contributed by atoms with Crippen LogP contribution in [0.2, 0.25) is 0 Å². The first-order valence-electron chi connectivity index (χ1n) is 6.63. The zero-order chi connectivity index (χ0) is 15.2. The molecule has 0 aliphatic rings. The van der Waals surface area contributed by atoms with E-state index in [2.05, 4.69) is 0 Å². The molecule has 4 nitrogen and oxygen atoms in total.